The van der Waals surface area contributed by atoms with Crippen LogP contribution in [0.15, 0.2) is 30.7 Å². The molecule has 0 aromatic carbocycles. The Morgan fingerprint density at radius 3 is 2.90 bits per heavy atom. The van der Waals surface area contributed by atoms with Crippen LogP contribution in [0.3, 0.4) is 0 Å². The van der Waals surface area contributed by atoms with Gasteiger partial charge in [0, 0.05) is 45.0 Å². The number of hydrogen-bond acceptors (Lipinski definition) is 6. The number of carbonyl (C=O) groups is 1. The summed E-state index contributed by atoms with van der Waals surface area (Å²) in [5.41, 5.74) is 3.30. The number of hydrogen-bond donors (Lipinski definition) is 1. The molecule has 1 unspecified atom stereocenters. The number of aromatic amines is 1. The molecule has 0 aliphatic carbocycles. The number of nitrogens with zero attached hydrogens (tertiary/aromatic N) is 4. The van der Waals surface area contributed by atoms with Crippen LogP contribution in [0.1, 0.15) is 47.8 Å². The normalized spacial score (nSPS) is 16.3. The van der Waals surface area contributed by atoms with Gasteiger partial charge in [0.05, 0.1) is 22.1 Å². The first-order valence-corrected chi connectivity index (χ1v) is 11.8. The van der Waals surface area contributed by atoms with Crippen LogP contribution in [0, 0.1) is 5.92 Å². The molecule has 0 radical (unpaired) electrons. The smallest absolute Gasteiger partial charge is 0.186 e. The summed E-state index contributed by atoms with van der Waals surface area (Å²) in [6, 6.07) is 4.00. The van der Waals surface area contributed by atoms with Crippen molar-refractivity contribution in [2.24, 2.45) is 5.92 Å². The number of Topliss-reactive ketones (excluding diaryl/α,β-unsaturated/α-hetero) is 1. The first kappa shape index (κ1) is 21.0. The van der Waals surface area contributed by atoms with Crippen molar-refractivity contribution in [2.45, 2.75) is 39.0 Å². The Morgan fingerprint density at radius 1 is 1.27 bits per heavy atom. The standard InChI is InChI=1S/C23H31N5OS/c1-3-4-6-17(13-18-15-25-19-7-5-8-24-22(18)19)14-20(29)21-16-26-23(30-21)28-11-9-27(2)10-12-28/h5,7-8,15-17,25H,3-4,6,9-14H2,1-2H3. The van der Waals surface area contributed by atoms with Gasteiger partial charge in [-0.2, -0.15) is 0 Å². The largest absolute Gasteiger partial charge is 0.360 e. The number of aromatic nitrogens is 3. The highest BCUT2D eigenvalue weighted by atomic mass is 32.1. The van der Waals surface area contributed by atoms with Crippen LogP contribution in [0.4, 0.5) is 5.13 Å². The predicted molar refractivity (Wildman–Crippen MR) is 124 cm³/mol. The van der Waals surface area contributed by atoms with Crippen molar-refractivity contribution in [3.05, 3.63) is 41.2 Å². The van der Waals surface area contributed by atoms with E-state index in [1.807, 2.05) is 12.3 Å². The minimum absolute atomic E-state index is 0.224. The summed E-state index contributed by atoms with van der Waals surface area (Å²) in [6.45, 7) is 6.24. The number of rotatable bonds is 9. The first-order chi connectivity index (χ1) is 14.6. The molecule has 0 saturated carbocycles. The Balaban J connectivity index is 1.43. The van der Waals surface area contributed by atoms with Gasteiger partial charge in [0.2, 0.25) is 0 Å². The van der Waals surface area contributed by atoms with Gasteiger partial charge >= 0.3 is 0 Å². The monoisotopic (exact) mass is 425 g/mol. The number of anilines is 1. The average molecular weight is 426 g/mol. The number of thiazole rings is 1. The van der Waals surface area contributed by atoms with Crippen molar-refractivity contribution < 1.29 is 4.79 Å². The van der Waals surface area contributed by atoms with Crippen LogP contribution in [-0.2, 0) is 6.42 Å². The molecule has 6 nitrogen and oxygen atoms in total. The molecule has 1 aliphatic heterocycles. The zero-order chi connectivity index (χ0) is 20.9. The molecule has 1 saturated heterocycles. The molecule has 1 N–H and O–H groups in total. The number of likely N-dealkylation sites (N-methyl/N-ethyl adjacent to an activating group) is 1. The molecule has 3 aromatic rings. The molecule has 160 valence electrons. The van der Waals surface area contributed by atoms with Gasteiger partial charge < -0.3 is 14.8 Å². The lowest BCUT2D eigenvalue weighted by molar-refractivity contribution is 0.0962. The number of fused-ring (bicyclic) bond motifs is 1. The highest BCUT2D eigenvalue weighted by molar-refractivity contribution is 7.17. The number of nitrogens with one attached hydrogen (secondary N) is 1. The molecule has 0 amide bonds. The number of piperazine rings is 1. The van der Waals surface area contributed by atoms with E-state index in [1.165, 1.54) is 5.56 Å². The molecule has 1 fully saturated rings. The molecule has 30 heavy (non-hydrogen) atoms. The summed E-state index contributed by atoms with van der Waals surface area (Å²) >= 11 is 1.55. The SMILES string of the molecule is CCCCC(CC(=O)c1cnc(N2CCN(C)CC2)s1)Cc1c[nH]c2cccnc12. The quantitative estimate of drug-likeness (QED) is 0.515. The van der Waals surface area contributed by atoms with E-state index in [0.717, 1.165) is 72.9 Å². The van der Waals surface area contributed by atoms with Crippen molar-refractivity contribution in [3.63, 3.8) is 0 Å². The summed E-state index contributed by atoms with van der Waals surface area (Å²) in [6.07, 6.45) is 10.5. The van der Waals surface area contributed by atoms with E-state index in [-0.39, 0.29) is 5.78 Å². The lowest BCUT2D eigenvalue weighted by Crippen LogP contribution is -2.44. The van der Waals surface area contributed by atoms with E-state index in [2.05, 4.69) is 51.0 Å². The zero-order valence-corrected chi connectivity index (χ0v) is 18.7. The Kier molecular flexibility index (Phi) is 6.79. The van der Waals surface area contributed by atoms with Gasteiger partial charge in [0.1, 0.15) is 0 Å². The molecule has 0 spiro atoms. The first-order valence-electron chi connectivity index (χ1n) is 11.0. The van der Waals surface area contributed by atoms with Crippen molar-refractivity contribution in [1.29, 1.82) is 0 Å². The molecule has 1 aliphatic rings. The maximum absolute atomic E-state index is 13.1. The van der Waals surface area contributed by atoms with Gasteiger partial charge in [-0.05, 0) is 43.5 Å². The number of unbranched alkanes of at least 4 members (excludes halogenated alkanes) is 1. The van der Waals surface area contributed by atoms with Crippen LogP contribution in [0.2, 0.25) is 0 Å². The van der Waals surface area contributed by atoms with Crippen molar-refractivity contribution in [3.8, 4) is 0 Å². The van der Waals surface area contributed by atoms with E-state index >= 15 is 0 Å². The summed E-state index contributed by atoms with van der Waals surface area (Å²) in [5, 5.41) is 0.984. The molecular weight excluding hydrogens is 394 g/mol. The minimum Gasteiger partial charge on any atom is -0.360 e. The molecule has 4 rings (SSSR count). The maximum Gasteiger partial charge on any atom is 0.186 e. The van der Waals surface area contributed by atoms with Crippen LogP contribution in [0.5, 0.6) is 0 Å². The Morgan fingerprint density at radius 2 is 2.10 bits per heavy atom. The van der Waals surface area contributed by atoms with Crippen molar-refractivity contribution in [1.82, 2.24) is 19.9 Å². The predicted octanol–water partition coefficient (Wildman–Crippen LogP) is 4.39. The second kappa shape index (κ2) is 9.71. The Hall–Kier alpha value is -2.25. The molecule has 4 heterocycles. The van der Waals surface area contributed by atoms with E-state index in [9.17, 15) is 4.79 Å². The van der Waals surface area contributed by atoms with Gasteiger partial charge in [0.15, 0.2) is 10.9 Å². The summed E-state index contributed by atoms with van der Waals surface area (Å²) in [7, 11) is 2.15. The molecule has 1 atom stereocenters. The van der Waals surface area contributed by atoms with Crippen LogP contribution >= 0.6 is 11.3 Å². The number of ketones is 1. The lowest BCUT2D eigenvalue weighted by Gasteiger charge is -2.32. The minimum atomic E-state index is 0.224. The highest BCUT2D eigenvalue weighted by Gasteiger charge is 2.22. The second-order valence-electron chi connectivity index (χ2n) is 8.35. The van der Waals surface area contributed by atoms with E-state index in [1.54, 1.807) is 17.5 Å². The summed E-state index contributed by atoms with van der Waals surface area (Å²) in [5.74, 6) is 0.550. The highest BCUT2D eigenvalue weighted by Crippen LogP contribution is 2.28. The van der Waals surface area contributed by atoms with E-state index in [4.69, 9.17) is 0 Å². The third-order valence-electron chi connectivity index (χ3n) is 6.00. The van der Waals surface area contributed by atoms with E-state index < -0.39 is 0 Å². The maximum atomic E-state index is 13.1. The second-order valence-corrected chi connectivity index (χ2v) is 9.36. The van der Waals surface area contributed by atoms with Gasteiger partial charge in [-0.15, -0.1) is 0 Å². The topological polar surface area (TPSA) is 65.1 Å². The third kappa shape index (κ3) is 4.90. The average Bonchev–Trinajstić information content (AvgIpc) is 3.40. The summed E-state index contributed by atoms with van der Waals surface area (Å²) < 4.78 is 0. The number of carbonyl (C=O) groups excluding carboxylic acids is 1. The van der Waals surface area contributed by atoms with Gasteiger partial charge in [-0.25, -0.2) is 4.98 Å². The Labute approximate surface area is 182 Å². The summed E-state index contributed by atoms with van der Waals surface area (Å²) in [4.78, 5) is 30.9. The van der Waals surface area contributed by atoms with Gasteiger partial charge in [-0.3, -0.25) is 9.78 Å². The van der Waals surface area contributed by atoms with Gasteiger partial charge in [0.25, 0.3) is 0 Å². The Bertz CT molecular complexity index is 973. The fourth-order valence-electron chi connectivity index (χ4n) is 4.15. The number of H-pyrrole nitrogens is 1. The van der Waals surface area contributed by atoms with Crippen molar-refractivity contribution in [2.75, 3.05) is 38.1 Å². The fourth-order valence-corrected chi connectivity index (χ4v) is 5.06. The van der Waals surface area contributed by atoms with E-state index in [0.29, 0.717) is 12.3 Å². The third-order valence-corrected chi connectivity index (χ3v) is 7.10. The van der Waals surface area contributed by atoms with Crippen LogP contribution < -0.4 is 4.90 Å². The zero-order valence-electron chi connectivity index (χ0n) is 17.9. The molecule has 3 aromatic heterocycles. The van der Waals surface area contributed by atoms with Crippen LogP contribution in [0.25, 0.3) is 11.0 Å². The molecule has 0 bridgehead atoms. The van der Waals surface area contributed by atoms with Crippen LogP contribution in [-0.4, -0.2) is 58.9 Å². The molecular formula is C23H31N5OS. The van der Waals surface area contributed by atoms with Crippen molar-refractivity contribution >= 4 is 33.3 Å². The van der Waals surface area contributed by atoms with Gasteiger partial charge in [-0.1, -0.05) is 31.1 Å². The fraction of sp³-hybridized carbons (Fsp3) is 0.522. The lowest BCUT2D eigenvalue weighted by atomic mass is 9.90. The number of pyridine rings is 1. The molecule has 7 heteroatoms.